The van der Waals surface area contributed by atoms with Gasteiger partial charge in [-0.1, -0.05) is 20.4 Å². The molecule has 0 radical (unpaired) electrons. The molecule has 2 unspecified atom stereocenters. The van der Waals surface area contributed by atoms with Crippen LogP contribution in [0.1, 0.15) is 60.3 Å². The van der Waals surface area contributed by atoms with Crippen molar-refractivity contribution in [3.05, 3.63) is 12.2 Å². The topological polar surface area (TPSA) is 46.5 Å². The lowest BCUT2D eigenvalue weighted by Gasteiger charge is -2.32. The van der Waals surface area contributed by atoms with E-state index in [1.165, 1.54) is 0 Å². The van der Waals surface area contributed by atoms with Crippen LogP contribution in [0.4, 0.5) is 0 Å². The van der Waals surface area contributed by atoms with Gasteiger partial charge in [-0.15, -0.1) is 0 Å². The van der Waals surface area contributed by atoms with Crippen molar-refractivity contribution >= 4 is 5.97 Å². The number of esters is 1. The highest BCUT2D eigenvalue weighted by Gasteiger charge is 2.30. The Bertz CT molecular complexity index is 281. The Balaban J connectivity index is 4.48. The van der Waals surface area contributed by atoms with E-state index in [9.17, 15) is 9.90 Å². The van der Waals surface area contributed by atoms with E-state index in [-0.39, 0.29) is 5.97 Å². The SMILES string of the molecule is C=C(C)C(=O)OC(C)(CC)CCC(C)(O)CC. The first kappa shape index (κ1) is 16.2. The van der Waals surface area contributed by atoms with Crippen LogP contribution < -0.4 is 0 Å². The second-order valence-corrected chi connectivity index (χ2v) is 5.32. The van der Waals surface area contributed by atoms with Crippen LogP contribution in [0.3, 0.4) is 0 Å². The second kappa shape index (κ2) is 6.20. The number of ether oxygens (including phenoxy) is 1. The van der Waals surface area contributed by atoms with Gasteiger partial charge in [0.1, 0.15) is 5.60 Å². The number of hydrogen-bond acceptors (Lipinski definition) is 3. The van der Waals surface area contributed by atoms with Gasteiger partial charge in [0.25, 0.3) is 0 Å². The van der Waals surface area contributed by atoms with E-state index in [2.05, 4.69) is 6.58 Å². The molecular weight excluding hydrogens is 216 g/mol. The Kier molecular flexibility index (Phi) is 5.89. The van der Waals surface area contributed by atoms with Gasteiger partial charge in [0, 0.05) is 5.57 Å². The van der Waals surface area contributed by atoms with Crippen LogP contribution in [0.25, 0.3) is 0 Å². The fraction of sp³-hybridized carbons (Fsp3) is 0.786. The van der Waals surface area contributed by atoms with Crippen molar-refractivity contribution in [3.63, 3.8) is 0 Å². The molecule has 1 N–H and O–H groups in total. The van der Waals surface area contributed by atoms with Crippen LogP contribution in [-0.4, -0.2) is 22.3 Å². The van der Waals surface area contributed by atoms with Crippen LogP contribution in [-0.2, 0) is 9.53 Å². The van der Waals surface area contributed by atoms with Crippen LogP contribution >= 0.6 is 0 Å². The third kappa shape index (κ3) is 5.87. The highest BCUT2D eigenvalue weighted by molar-refractivity contribution is 5.87. The molecule has 3 nitrogen and oxygen atoms in total. The monoisotopic (exact) mass is 242 g/mol. The summed E-state index contributed by atoms with van der Waals surface area (Å²) in [5.74, 6) is -0.356. The van der Waals surface area contributed by atoms with E-state index < -0.39 is 11.2 Å². The molecule has 100 valence electrons. The zero-order chi connectivity index (χ0) is 13.7. The highest BCUT2D eigenvalue weighted by Crippen LogP contribution is 2.28. The molecule has 3 heteroatoms. The molecule has 0 spiro atoms. The highest BCUT2D eigenvalue weighted by atomic mass is 16.6. The van der Waals surface area contributed by atoms with Gasteiger partial charge in [0.2, 0.25) is 0 Å². The molecule has 0 heterocycles. The minimum Gasteiger partial charge on any atom is -0.456 e. The Morgan fingerprint density at radius 2 is 1.76 bits per heavy atom. The van der Waals surface area contributed by atoms with Gasteiger partial charge in [-0.25, -0.2) is 4.79 Å². The molecule has 0 bridgehead atoms. The van der Waals surface area contributed by atoms with Crippen LogP contribution in [0, 0.1) is 0 Å². The van der Waals surface area contributed by atoms with E-state index >= 15 is 0 Å². The fourth-order valence-electron chi connectivity index (χ4n) is 1.32. The van der Waals surface area contributed by atoms with Crippen molar-refractivity contribution < 1.29 is 14.6 Å². The Morgan fingerprint density at radius 1 is 1.24 bits per heavy atom. The van der Waals surface area contributed by atoms with Gasteiger partial charge in [0.15, 0.2) is 0 Å². The Hall–Kier alpha value is -0.830. The van der Waals surface area contributed by atoms with Gasteiger partial charge >= 0.3 is 5.97 Å². The smallest absolute Gasteiger partial charge is 0.333 e. The van der Waals surface area contributed by atoms with E-state index in [0.717, 1.165) is 6.42 Å². The molecule has 0 rings (SSSR count). The number of hydrogen-bond donors (Lipinski definition) is 1. The third-order valence-electron chi connectivity index (χ3n) is 3.39. The molecule has 0 aromatic carbocycles. The largest absolute Gasteiger partial charge is 0.456 e. The minimum atomic E-state index is -0.688. The van der Waals surface area contributed by atoms with Crippen molar-refractivity contribution in [2.24, 2.45) is 0 Å². The maximum atomic E-state index is 11.5. The van der Waals surface area contributed by atoms with E-state index in [1.807, 2.05) is 27.7 Å². The Labute approximate surface area is 105 Å². The summed E-state index contributed by atoms with van der Waals surface area (Å²) in [4.78, 5) is 11.5. The standard InChI is InChI=1S/C14H26O3/c1-7-13(5,16)9-10-14(6,8-2)17-12(15)11(3)4/h16H,3,7-10H2,1-2,4-6H3. The van der Waals surface area contributed by atoms with Gasteiger partial charge in [0.05, 0.1) is 5.60 Å². The quantitative estimate of drug-likeness (QED) is 0.551. The summed E-state index contributed by atoms with van der Waals surface area (Å²) in [7, 11) is 0. The summed E-state index contributed by atoms with van der Waals surface area (Å²) in [5.41, 5.74) is -0.798. The van der Waals surface area contributed by atoms with Crippen molar-refractivity contribution in [1.82, 2.24) is 0 Å². The van der Waals surface area contributed by atoms with Gasteiger partial charge in [-0.3, -0.25) is 0 Å². The molecule has 17 heavy (non-hydrogen) atoms. The number of carbonyl (C=O) groups excluding carboxylic acids is 1. The number of rotatable bonds is 7. The van der Waals surface area contributed by atoms with E-state index in [0.29, 0.717) is 24.8 Å². The van der Waals surface area contributed by atoms with Crippen molar-refractivity contribution in [2.45, 2.75) is 71.5 Å². The predicted molar refractivity (Wildman–Crippen MR) is 69.8 cm³/mol. The molecule has 2 atom stereocenters. The molecule has 0 aromatic heterocycles. The van der Waals surface area contributed by atoms with Crippen molar-refractivity contribution in [3.8, 4) is 0 Å². The first-order valence-electron chi connectivity index (χ1n) is 6.27. The van der Waals surface area contributed by atoms with Gasteiger partial charge in [-0.2, -0.15) is 0 Å². The molecule has 0 aromatic rings. The van der Waals surface area contributed by atoms with E-state index in [4.69, 9.17) is 4.74 Å². The van der Waals surface area contributed by atoms with E-state index in [1.54, 1.807) is 6.92 Å². The zero-order valence-corrected chi connectivity index (χ0v) is 11.8. The zero-order valence-electron chi connectivity index (χ0n) is 11.8. The summed E-state index contributed by atoms with van der Waals surface area (Å²) in [5, 5.41) is 9.97. The van der Waals surface area contributed by atoms with Crippen molar-refractivity contribution in [2.75, 3.05) is 0 Å². The van der Waals surface area contributed by atoms with Gasteiger partial charge < -0.3 is 9.84 Å². The van der Waals surface area contributed by atoms with Crippen LogP contribution in [0.5, 0.6) is 0 Å². The minimum absolute atomic E-state index is 0.356. The Morgan fingerprint density at radius 3 is 2.12 bits per heavy atom. The third-order valence-corrected chi connectivity index (χ3v) is 3.39. The summed E-state index contributed by atoms with van der Waals surface area (Å²) < 4.78 is 5.44. The van der Waals surface area contributed by atoms with Crippen LogP contribution in [0.2, 0.25) is 0 Å². The van der Waals surface area contributed by atoms with Crippen LogP contribution in [0.15, 0.2) is 12.2 Å². The van der Waals surface area contributed by atoms with Gasteiger partial charge in [-0.05, 0) is 46.5 Å². The molecule has 0 aliphatic rings. The lowest BCUT2D eigenvalue weighted by atomic mass is 9.88. The summed E-state index contributed by atoms with van der Waals surface area (Å²) in [6.45, 7) is 12.9. The number of aliphatic hydroxyl groups is 1. The molecule has 0 amide bonds. The molecule has 0 fully saturated rings. The summed E-state index contributed by atoms with van der Waals surface area (Å²) in [6.07, 6.45) is 2.70. The van der Waals surface area contributed by atoms with Crippen molar-refractivity contribution in [1.29, 1.82) is 0 Å². The lowest BCUT2D eigenvalue weighted by Crippen LogP contribution is -2.35. The second-order valence-electron chi connectivity index (χ2n) is 5.32. The fourth-order valence-corrected chi connectivity index (χ4v) is 1.32. The normalized spacial score (nSPS) is 18.0. The maximum absolute atomic E-state index is 11.5. The maximum Gasteiger partial charge on any atom is 0.333 e. The summed E-state index contributed by atoms with van der Waals surface area (Å²) >= 11 is 0. The summed E-state index contributed by atoms with van der Waals surface area (Å²) in [6, 6.07) is 0. The number of carbonyl (C=O) groups is 1. The average Bonchev–Trinajstić information content (AvgIpc) is 2.26. The average molecular weight is 242 g/mol. The molecule has 0 aliphatic carbocycles. The first-order valence-corrected chi connectivity index (χ1v) is 6.27. The molecular formula is C14H26O3. The first-order chi connectivity index (χ1) is 7.66. The molecule has 0 saturated heterocycles. The molecule has 0 aliphatic heterocycles. The molecule has 0 saturated carbocycles. The predicted octanol–water partition coefficient (Wildman–Crippen LogP) is 3.22. The lowest BCUT2D eigenvalue weighted by molar-refractivity contribution is -0.155.